The molecule has 0 bridgehead atoms. The van der Waals surface area contributed by atoms with E-state index in [1.165, 1.54) is 0 Å². The number of allylic oxidation sites excluding steroid dienone is 1. The van der Waals surface area contributed by atoms with Gasteiger partial charge in [-0.05, 0) is 59.3 Å². The Morgan fingerprint density at radius 3 is 2.66 bits per heavy atom. The molecule has 1 amide bonds. The molecule has 1 aliphatic carbocycles. The number of carbonyl (C=O) groups excluding carboxylic acids is 1. The zero-order valence-corrected chi connectivity index (χ0v) is 19.8. The van der Waals surface area contributed by atoms with Crippen molar-refractivity contribution < 1.29 is 19.4 Å². The number of fused-ring (bicyclic) bond motifs is 2. The van der Waals surface area contributed by atoms with Crippen LogP contribution in [-0.4, -0.2) is 51.8 Å². The highest BCUT2D eigenvalue weighted by Crippen LogP contribution is 2.46. The molecule has 178 valence electrons. The highest BCUT2D eigenvalue weighted by Gasteiger charge is 2.60. The fourth-order valence-corrected chi connectivity index (χ4v) is 4.83. The number of nitrogens with zero attached hydrogens (tertiary/aromatic N) is 1. The Bertz CT molecular complexity index is 785. The van der Waals surface area contributed by atoms with Crippen molar-refractivity contribution in [1.29, 1.82) is 0 Å². The van der Waals surface area contributed by atoms with Crippen LogP contribution in [0.1, 0.15) is 72.1 Å². The number of nitrogens with one attached hydrogen (secondary N) is 2. The van der Waals surface area contributed by atoms with E-state index in [1.807, 2.05) is 26.8 Å². The summed E-state index contributed by atoms with van der Waals surface area (Å²) in [6.07, 6.45) is 10.9. The van der Waals surface area contributed by atoms with E-state index in [1.54, 1.807) is 0 Å². The van der Waals surface area contributed by atoms with Gasteiger partial charge in [-0.3, -0.25) is 0 Å². The standard InChI is InChI=1S/C25H39N3O4/c1-17-21-14-11-15-28(21)18(2)20(26-23(31)32-24(3,4)5)13-10-8-6-7-9-12-19-16-25(19,27-17)22(29)30/h9,12,19-21,27H,1-2,6-8,10-11,13-16H2,3-5H3,(H,26,31)(H,29,30)/b12-9-/t19-,20+,21+,25-/m1/s1. The number of alkyl carbamates (subject to hydrolysis) is 1. The van der Waals surface area contributed by atoms with Crippen molar-refractivity contribution in [2.45, 2.75) is 95.4 Å². The predicted octanol–water partition coefficient (Wildman–Crippen LogP) is 4.32. The number of carbonyl (C=O) groups is 2. The topological polar surface area (TPSA) is 90.9 Å². The lowest BCUT2D eigenvalue weighted by Crippen LogP contribution is -2.48. The smallest absolute Gasteiger partial charge is 0.408 e. The van der Waals surface area contributed by atoms with Crippen molar-refractivity contribution in [3.8, 4) is 0 Å². The lowest BCUT2D eigenvalue weighted by Gasteiger charge is -2.36. The third-order valence-corrected chi connectivity index (χ3v) is 6.63. The third-order valence-electron chi connectivity index (χ3n) is 6.63. The van der Waals surface area contributed by atoms with Crippen LogP contribution in [0.2, 0.25) is 0 Å². The second-order valence-corrected chi connectivity index (χ2v) is 10.3. The van der Waals surface area contributed by atoms with Crippen molar-refractivity contribution in [3.63, 3.8) is 0 Å². The minimum atomic E-state index is -0.961. The molecule has 0 aromatic carbocycles. The van der Waals surface area contributed by atoms with Crippen LogP contribution >= 0.6 is 0 Å². The number of carboxylic acid groups (broad SMARTS) is 1. The Morgan fingerprint density at radius 1 is 1.22 bits per heavy atom. The van der Waals surface area contributed by atoms with E-state index in [9.17, 15) is 14.7 Å². The minimum absolute atomic E-state index is 0.0125. The molecule has 2 aliphatic heterocycles. The van der Waals surface area contributed by atoms with Crippen molar-refractivity contribution in [1.82, 2.24) is 15.5 Å². The number of amides is 1. The fourth-order valence-electron chi connectivity index (χ4n) is 4.83. The highest BCUT2D eigenvalue weighted by atomic mass is 16.6. The molecule has 7 nitrogen and oxygen atoms in total. The van der Waals surface area contributed by atoms with Gasteiger partial charge in [0.1, 0.15) is 11.1 Å². The van der Waals surface area contributed by atoms with E-state index in [4.69, 9.17) is 4.74 Å². The highest BCUT2D eigenvalue weighted by molar-refractivity contribution is 5.84. The van der Waals surface area contributed by atoms with Gasteiger partial charge in [0.15, 0.2) is 0 Å². The zero-order valence-electron chi connectivity index (χ0n) is 19.8. The average Bonchev–Trinajstić information content (AvgIpc) is 3.16. The van der Waals surface area contributed by atoms with Crippen LogP contribution < -0.4 is 10.6 Å². The van der Waals surface area contributed by atoms with Crippen LogP contribution in [0.3, 0.4) is 0 Å². The summed E-state index contributed by atoms with van der Waals surface area (Å²) < 4.78 is 5.49. The van der Waals surface area contributed by atoms with E-state index in [0.717, 1.165) is 57.2 Å². The first-order valence-electron chi connectivity index (χ1n) is 11.9. The van der Waals surface area contributed by atoms with E-state index in [-0.39, 0.29) is 18.0 Å². The van der Waals surface area contributed by atoms with Gasteiger partial charge in [0.2, 0.25) is 0 Å². The Morgan fingerprint density at radius 2 is 1.97 bits per heavy atom. The molecule has 7 heteroatoms. The number of hydrogen-bond acceptors (Lipinski definition) is 5. The molecule has 3 rings (SSSR count). The van der Waals surface area contributed by atoms with Crippen LogP contribution in [0.4, 0.5) is 4.79 Å². The Kier molecular flexibility index (Phi) is 7.25. The first-order valence-corrected chi connectivity index (χ1v) is 11.9. The van der Waals surface area contributed by atoms with E-state index < -0.39 is 23.2 Å². The van der Waals surface area contributed by atoms with Crippen LogP contribution in [0.15, 0.2) is 36.7 Å². The summed E-state index contributed by atoms with van der Waals surface area (Å²) in [5, 5.41) is 16.2. The maximum absolute atomic E-state index is 12.5. The molecule has 2 fully saturated rings. The summed E-state index contributed by atoms with van der Waals surface area (Å²) in [7, 11) is 0. The van der Waals surface area contributed by atoms with Crippen molar-refractivity contribution in [2.24, 2.45) is 5.92 Å². The first-order chi connectivity index (χ1) is 15.0. The normalized spacial score (nSPS) is 32.5. The molecule has 4 atom stereocenters. The van der Waals surface area contributed by atoms with Gasteiger partial charge in [0, 0.05) is 23.9 Å². The second-order valence-electron chi connectivity index (χ2n) is 10.3. The first kappa shape index (κ1) is 24.2. The lowest BCUT2D eigenvalue weighted by atomic mass is 10.0. The molecule has 0 aromatic heterocycles. The summed E-state index contributed by atoms with van der Waals surface area (Å²) in [5.41, 5.74) is 0.0222. The van der Waals surface area contributed by atoms with Gasteiger partial charge in [-0.15, -0.1) is 0 Å². The largest absolute Gasteiger partial charge is 0.479 e. The van der Waals surface area contributed by atoms with Crippen LogP contribution in [0.25, 0.3) is 0 Å². The van der Waals surface area contributed by atoms with Gasteiger partial charge < -0.3 is 25.4 Å². The van der Waals surface area contributed by atoms with Gasteiger partial charge in [-0.2, -0.15) is 0 Å². The molecule has 0 spiro atoms. The predicted molar refractivity (Wildman–Crippen MR) is 125 cm³/mol. The summed E-state index contributed by atoms with van der Waals surface area (Å²) in [6, 6.07) is -0.280. The Balaban J connectivity index is 1.79. The number of rotatable bonds is 2. The molecule has 0 unspecified atom stereocenters. The molecule has 3 aliphatic rings. The number of ether oxygens (including phenoxy) is 1. The average molecular weight is 446 g/mol. The lowest BCUT2D eigenvalue weighted by molar-refractivity contribution is -0.140. The van der Waals surface area contributed by atoms with Crippen molar-refractivity contribution >= 4 is 12.1 Å². The Hall–Kier alpha value is -2.44. The maximum atomic E-state index is 12.5. The number of carboxylic acids is 1. The van der Waals surface area contributed by atoms with Gasteiger partial charge in [0.25, 0.3) is 0 Å². The summed E-state index contributed by atoms with van der Waals surface area (Å²) >= 11 is 0. The van der Waals surface area contributed by atoms with Gasteiger partial charge in [-0.25, -0.2) is 9.59 Å². The van der Waals surface area contributed by atoms with Crippen molar-refractivity contribution in [3.05, 3.63) is 36.7 Å². The molecular weight excluding hydrogens is 406 g/mol. The quantitative estimate of drug-likeness (QED) is 0.548. The summed E-state index contributed by atoms with van der Waals surface area (Å²) in [6.45, 7) is 14.9. The minimum Gasteiger partial charge on any atom is -0.479 e. The number of hydrogen-bond donors (Lipinski definition) is 3. The molecule has 1 saturated carbocycles. The van der Waals surface area contributed by atoms with Gasteiger partial charge in [0.05, 0.1) is 12.1 Å². The Labute approximate surface area is 192 Å². The van der Waals surface area contributed by atoms with E-state index >= 15 is 0 Å². The molecule has 0 radical (unpaired) electrons. The van der Waals surface area contributed by atoms with Crippen LogP contribution in [0.5, 0.6) is 0 Å². The third kappa shape index (κ3) is 5.67. The monoisotopic (exact) mass is 445 g/mol. The molecular formula is C25H39N3O4. The summed E-state index contributed by atoms with van der Waals surface area (Å²) in [5.74, 6) is -0.841. The van der Waals surface area contributed by atoms with Gasteiger partial charge >= 0.3 is 12.1 Å². The SMILES string of the molecule is C=C1N[C@]2(C(=O)O)C[C@H]2/C=C\CCCCC[C@H](NC(=O)OC(C)(C)C)C(=C)N2CCC[C@@H]12. The van der Waals surface area contributed by atoms with Crippen LogP contribution in [0, 0.1) is 5.92 Å². The van der Waals surface area contributed by atoms with Crippen LogP contribution in [-0.2, 0) is 9.53 Å². The zero-order chi connectivity index (χ0) is 23.5. The molecule has 0 aromatic rings. The van der Waals surface area contributed by atoms with Crippen molar-refractivity contribution in [2.75, 3.05) is 6.54 Å². The maximum Gasteiger partial charge on any atom is 0.408 e. The van der Waals surface area contributed by atoms with Gasteiger partial charge in [-0.1, -0.05) is 38.2 Å². The molecule has 2 heterocycles. The molecule has 3 N–H and O–H groups in total. The van der Waals surface area contributed by atoms with E-state index in [2.05, 4.69) is 34.8 Å². The number of aliphatic carboxylic acids is 1. The molecule has 32 heavy (non-hydrogen) atoms. The fraction of sp³-hybridized carbons (Fsp3) is 0.680. The van der Waals surface area contributed by atoms with E-state index in [0.29, 0.717) is 12.1 Å². The molecule has 1 saturated heterocycles. The summed E-state index contributed by atoms with van der Waals surface area (Å²) in [4.78, 5) is 26.8. The second kappa shape index (κ2) is 9.59.